The molecule has 0 aliphatic rings. The molecule has 0 unspecified atom stereocenters. The minimum absolute atomic E-state index is 0.0894. The van der Waals surface area contributed by atoms with Crippen molar-refractivity contribution in [3.8, 4) is 5.88 Å². The van der Waals surface area contributed by atoms with E-state index in [-0.39, 0.29) is 18.2 Å². The lowest BCUT2D eigenvalue weighted by Gasteiger charge is -2.04. The van der Waals surface area contributed by atoms with Crippen LogP contribution in [0.2, 0.25) is 0 Å². The van der Waals surface area contributed by atoms with Gasteiger partial charge in [-0.2, -0.15) is 0 Å². The molecule has 0 atom stereocenters. The van der Waals surface area contributed by atoms with Gasteiger partial charge in [-0.05, 0) is 6.92 Å². The largest absolute Gasteiger partial charge is 0.476 e. The summed E-state index contributed by atoms with van der Waals surface area (Å²) in [5.41, 5.74) is 0.205. The fourth-order valence-electron chi connectivity index (χ4n) is 1.20. The topological polar surface area (TPSA) is 98.3 Å². The molecule has 0 bridgehead atoms. The number of carboxylic acids is 1. The van der Waals surface area contributed by atoms with Crippen molar-refractivity contribution >= 4 is 5.97 Å². The minimum atomic E-state index is -1.12. The number of hydrogen-bond donors (Lipinski definition) is 1. The first-order valence-electron chi connectivity index (χ1n) is 4.75. The molecule has 2 heterocycles. The maximum Gasteiger partial charge on any atom is 0.356 e. The van der Waals surface area contributed by atoms with E-state index in [1.807, 2.05) is 0 Å². The van der Waals surface area contributed by atoms with Crippen molar-refractivity contribution < 1.29 is 19.1 Å². The molecule has 2 rings (SSSR count). The quantitative estimate of drug-likeness (QED) is 0.845. The van der Waals surface area contributed by atoms with Gasteiger partial charge in [0.15, 0.2) is 12.3 Å². The van der Waals surface area contributed by atoms with Gasteiger partial charge in [-0.25, -0.2) is 19.7 Å². The second kappa shape index (κ2) is 4.60. The molecule has 0 amide bonds. The summed E-state index contributed by atoms with van der Waals surface area (Å²) in [7, 11) is 0. The van der Waals surface area contributed by atoms with Gasteiger partial charge in [0.25, 0.3) is 0 Å². The number of hydrogen-bond acceptors (Lipinski definition) is 6. The summed E-state index contributed by atoms with van der Waals surface area (Å²) in [4.78, 5) is 22.3. The number of aromatic nitrogens is 3. The molecule has 7 nitrogen and oxygen atoms in total. The molecule has 0 spiro atoms. The first-order valence-corrected chi connectivity index (χ1v) is 4.75. The number of aryl methyl sites for hydroxylation is 1. The Morgan fingerprint density at radius 3 is 2.94 bits per heavy atom. The van der Waals surface area contributed by atoms with Gasteiger partial charge in [-0.15, -0.1) is 0 Å². The van der Waals surface area contributed by atoms with Crippen LogP contribution in [0.1, 0.15) is 22.1 Å². The molecule has 2 aromatic rings. The SMILES string of the molecule is Cc1nc(OCc2ncco2)cnc1C(=O)O. The zero-order valence-corrected chi connectivity index (χ0v) is 8.95. The van der Waals surface area contributed by atoms with Gasteiger partial charge in [0.1, 0.15) is 6.26 Å². The monoisotopic (exact) mass is 235 g/mol. The number of carbonyl (C=O) groups is 1. The Hall–Kier alpha value is -2.44. The van der Waals surface area contributed by atoms with E-state index in [1.54, 1.807) is 6.92 Å². The Morgan fingerprint density at radius 2 is 2.35 bits per heavy atom. The third-order valence-electron chi connectivity index (χ3n) is 1.95. The summed E-state index contributed by atoms with van der Waals surface area (Å²) >= 11 is 0. The lowest BCUT2D eigenvalue weighted by atomic mass is 10.3. The molecule has 88 valence electrons. The second-order valence-corrected chi connectivity index (χ2v) is 3.16. The van der Waals surface area contributed by atoms with E-state index in [1.165, 1.54) is 18.7 Å². The fourth-order valence-corrected chi connectivity index (χ4v) is 1.20. The fraction of sp³-hybridized carbons (Fsp3) is 0.200. The predicted molar refractivity (Wildman–Crippen MR) is 54.6 cm³/mol. The van der Waals surface area contributed by atoms with Crippen molar-refractivity contribution in [3.63, 3.8) is 0 Å². The molecule has 7 heteroatoms. The van der Waals surface area contributed by atoms with Crippen LogP contribution in [-0.2, 0) is 6.61 Å². The summed E-state index contributed by atoms with van der Waals surface area (Å²) in [6.07, 6.45) is 4.19. The van der Waals surface area contributed by atoms with Gasteiger partial charge in [0.05, 0.1) is 18.1 Å². The van der Waals surface area contributed by atoms with Crippen LogP contribution in [0.15, 0.2) is 23.1 Å². The van der Waals surface area contributed by atoms with Gasteiger partial charge in [0, 0.05) is 0 Å². The minimum Gasteiger partial charge on any atom is -0.476 e. The summed E-state index contributed by atoms with van der Waals surface area (Å²) in [6, 6.07) is 0. The van der Waals surface area contributed by atoms with Crippen molar-refractivity contribution in [1.82, 2.24) is 15.0 Å². The van der Waals surface area contributed by atoms with Crippen molar-refractivity contribution in [3.05, 3.63) is 35.9 Å². The van der Waals surface area contributed by atoms with Gasteiger partial charge in [0.2, 0.25) is 11.8 Å². The summed E-state index contributed by atoms with van der Waals surface area (Å²) in [5, 5.41) is 8.77. The van der Waals surface area contributed by atoms with Crippen LogP contribution in [0.3, 0.4) is 0 Å². The molecule has 2 aromatic heterocycles. The smallest absolute Gasteiger partial charge is 0.356 e. The van der Waals surface area contributed by atoms with Gasteiger partial charge in [-0.3, -0.25) is 0 Å². The molecular weight excluding hydrogens is 226 g/mol. The van der Waals surface area contributed by atoms with Crippen LogP contribution in [0.25, 0.3) is 0 Å². The van der Waals surface area contributed by atoms with Crippen molar-refractivity contribution in [2.24, 2.45) is 0 Å². The van der Waals surface area contributed by atoms with Crippen LogP contribution < -0.4 is 4.74 Å². The molecule has 0 saturated heterocycles. The van der Waals surface area contributed by atoms with Gasteiger partial charge < -0.3 is 14.3 Å². The van der Waals surface area contributed by atoms with E-state index in [0.717, 1.165) is 0 Å². The molecule has 0 aromatic carbocycles. The highest BCUT2D eigenvalue weighted by Crippen LogP contribution is 2.10. The van der Waals surface area contributed by atoms with Crippen LogP contribution in [0, 0.1) is 6.92 Å². The maximum absolute atomic E-state index is 10.7. The van der Waals surface area contributed by atoms with Crippen LogP contribution >= 0.6 is 0 Å². The Bertz CT molecular complexity index is 524. The molecule has 0 fully saturated rings. The first-order chi connectivity index (χ1) is 8.16. The third kappa shape index (κ3) is 2.57. The normalized spacial score (nSPS) is 10.2. The molecule has 0 radical (unpaired) electrons. The van der Waals surface area contributed by atoms with Gasteiger partial charge >= 0.3 is 5.97 Å². The molecule has 1 N–H and O–H groups in total. The van der Waals surface area contributed by atoms with Crippen LogP contribution in [-0.4, -0.2) is 26.0 Å². The van der Waals surface area contributed by atoms with Crippen molar-refractivity contribution in [2.45, 2.75) is 13.5 Å². The van der Waals surface area contributed by atoms with Crippen LogP contribution in [0.4, 0.5) is 0 Å². The highest BCUT2D eigenvalue weighted by molar-refractivity contribution is 5.86. The third-order valence-corrected chi connectivity index (χ3v) is 1.95. The number of carboxylic acid groups (broad SMARTS) is 1. The van der Waals surface area contributed by atoms with E-state index < -0.39 is 5.97 Å². The van der Waals surface area contributed by atoms with E-state index in [0.29, 0.717) is 11.6 Å². The number of rotatable bonds is 4. The second-order valence-electron chi connectivity index (χ2n) is 3.16. The standard InChI is InChI=1S/C10H9N3O4/c1-6-9(10(14)15)12-4-7(13-6)17-5-8-11-2-3-16-8/h2-4H,5H2,1H3,(H,14,15). The predicted octanol–water partition coefficient (Wildman–Crippen LogP) is 1.05. The van der Waals surface area contributed by atoms with E-state index in [9.17, 15) is 4.79 Å². The summed E-state index contributed by atoms with van der Waals surface area (Å²) < 4.78 is 10.2. The molecule has 0 saturated carbocycles. The van der Waals surface area contributed by atoms with E-state index in [4.69, 9.17) is 14.3 Å². The van der Waals surface area contributed by atoms with E-state index >= 15 is 0 Å². The van der Waals surface area contributed by atoms with Crippen LogP contribution in [0.5, 0.6) is 5.88 Å². The number of ether oxygens (including phenoxy) is 1. The zero-order valence-electron chi connectivity index (χ0n) is 8.95. The summed E-state index contributed by atoms with van der Waals surface area (Å²) in [5.74, 6) is -0.480. The zero-order chi connectivity index (χ0) is 12.3. The molecule has 0 aliphatic heterocycles. The van der Waals surface area contributed by atoms with Crippen molar-refractivity contribution in [1.29, 1.82) is 0 Å². The number of aromatic carboxylic acids is 1. The van der Waals surface area contributed by atoms with Gasteiger partial charge in [-0.1, -0.05) is 0 Å². The average molecular weight is 235 g/mol. The lowest BCUT2D eigenvalue weighted by molar-refractivity contribution is 0.0688. The van der Waals surface area contributed by atoms with E-state index in [2.05, 4.69) is 15.0 Å². The highest BCUT2D eigenvalue weighted by atomic mass is 16.5. The molecular formula is C10H9N3O4. The lowest BCUT2D eigenvalue weighted by Crippen LogP contribution is -2.07. The Morgan fingerprint density at radius 1 is 1.53 bits per heavy atom. The Kier molecular flexibility index (Phi) is 2.99. The Labute approximate surface area is 96.1 Å². The molecule has 0 aliphatic carbocycles. The Balaban J connectivity index is 2.07. The molecule has 17 heavy (non-hydrogen) atoms. The average Bonchev–Trinajstić information content (AvgIpc) is 2.78. The maximum atomic E-state index is 10.7. The first kappa shape index (κ1) is 11.1. The number of oxazole rings is 1. The highest BCUT2D eigenvalue weighted by Gasteiger charge is 2.11. The number of nitrogens with zero attached hydrogens (tertiary/aromatic N) is 3. The van der Waals surface area contributed by atoms with Crippen molar-refractivity contribution in [2.75, 3.05) is 0 Å². The summed E-state index contributed by atoms with van der Waals surface area (Å²) in [6.45, 7) is 1.67.